The number of aldehydes is 1. The molecule has 0 atom stereocenters. The Morgan fingerprint density at radius 2 is 2.12 bits per heavy atom. The van der Waals surface area contributed by atoms with Crippen LogP contribution < -0.4 is 4.74 Å². The smallest absolute Gasteiger partial charge is 0.123 e. The minimum Gasteiger partial charge on any atom is -0.508 e. The van der Waals surface area contributed by atoms with E-state index in [1.54, 1.807) is 13.2 Å². The zero-order chi connectivity index (χ0) is 12.2. The Kier molecular flexibility index (Phi) is 3.93. The number of carbonyl (C=O) groups is 1. The number of benzene rings is 1. The van der Waals surface area contributed by atoms with E-state index in [1.807, 2.05) is 26.0 Å². The van der Waals surface area contributed by atoms with Crippen molar-refractivity contribution in [3.63, 3.8) is 0 Å². The summed E-state index contributed by atoms with van der Waals surface area (Å²) in [6.07, 6.45) is 2.12. The van der Waals surface area contributed by atoms with Gasteiger partial charge >= 0.3 is 0 Å². The van der Waals surface area contributed by atoms with Gasteiger partial charge in [-0.05, 0) is 23.5 Å². The van der Waals surface area contributed by atoms with E-state index >= 15 is 0 Å². The van der Waals surface area contributed by atoms with Crippen molar-refractivity contribution in [2.24, 2.45) is 0 Å². The first-order valence-electron chi connectivity index (χ1n) is 5.32. The van der Waals surface area contributed by atoms with E-state index in [0.717, 1.165) is 18.3 Å². The molecular weight excluding hydrogens is 204 g/mol. The molecule has 1 rings (SSSR count). The molecule has 0 unspecified atom stereocenters. The second-order valence-corrected chi connectivity index (χ2v) is 4.47. The van der Waals surface area contributed by atoms with Gasteiger partial charge in [0.2, 0.25) is 0 Å². The first-order chi connectivity index (χ1) is 7.51. The Balaban J connectivity index is 2.98. The molecule has 0 saturated carbocycles. The highest BCUT2D eigenvalue weighted by atomic mass is 16.5. The lowest BCUT2D eigenvalue weighted by Gasteiger charge is -2.25. The zero-order valence-corrected chi connectivity index (χ0v) is 9.99. The van der Waals surface area contributed by atoms with E-state index in [4.69, 9.17) is 4.74 Å². The van der Waals surface area contributed by atoms with Gasteiger partial charge in [-0.15, -0.1) is 0 Å². The molecule has 0 saturated heterocycles. The van der Waals surface area contributed by atoms with E-state index in [-0.39, 0.29) is 11.2 Å². The van der Waals surface area contributed by atoms with E-state index in [9.17, 15) is 9.90 Å². The van der Waals surface area contributed by atoms with Gasteiger partial charge in [0, 0.05) is 12.5 Å². The summed E-state index contributed by atoms with van der Waals surface area (Å²) in [7, 11) is 1.56. The second kappa shape index (κ2) is 5.01. The second-order valence-electron chi connectivity index (χ2n) is 4.47. The van der Waals surface area contributed by atoms with Crippen molar-refractivity contribution >= 4 is 6.29 Å². The van der Waals surface area contributed by atoms with Crippen LogP contribution in [-0.2, 0) is 10.2 Å². The zero-order valence-electron chi connectivity index (χ0n) is 9.99. The first kappa shape index (κ1) is 12.6. The number of methoxy groups -OCH3 is 1. The normalized spacial score (nSPS) is 11.2. The van der Waals surface area contributed by atoms with Crippen LogP contribution in [0.25, 0.3) is 0 Å². The summed E-state index contributed by atoms with van der Waals surface area (Å²) in [4.78, 5) is 10.4. The monoisotopic (exact) mass is 222 g/mol. The lowest BCUT2D eigenvalue weighted by molar-refractivity contribution is -0.108. The summed E-state index contributed by atoms with van der Waals surface area (Å²) in [5.74, 6) is 0.850. The fraction of sp³-hybridized carbons (Fsp3) is 0.462. The van der Waals surface area contributed by atoms with Gasteiger partial charge in [-0.2, -0.15) is 0 Å². The predicted octanol–water partition coefficient (Wildman–Crippen LogP) is 2.66. The van der Waals surface area contributed by atoms with E-state index < -0.39 is 0 Å². The average Bonchev–Trinajstić information content (AvgIpc) is 2.25. The Hall–Kier alpha value is -1.51. The van der Waals surface area contributed by atoms with Crippen molar-refractivity contribution in [2.75, 3.05) is 7.11 Å². The molecule has 3 nitrogen and oxygen atoms in total. The van der Waals surface area contributed by atoms with Gasteiger partial charge in [0.05, 0.1) is 7.11 Å². The molecule has 16 heavy (non-hydrogen) atoms. The number of hydrogen-bond donors (Lipinski definition) is 1. The van der Waals surface area contributed by atoms with Crippen LogP contribution in [0, 0.1) is 0 Å². The van der Waals surface area contributed by atoms with Crippen LogP contribution in [0.5, 0.6) is 11.5 Å². The highest BCUT2D eigenvalue weighted by Crippen LogP contribution is 2.36. The van der Waals surface area contributed by atoms with Crippen molar-refractivity contribution in [1.29, 1.82) is 0 Å². The maximum absolute atomic E-state index is 10.4. The Morgan fingerprint density at radius 3 is 2.62 bits per heavy atom. The van der Waals surface area contributed by atoms with E-state index in [1.165, 1.54) is 0 Å². The van der Waals surface area contributed by atoms with Gasteiger partial charge in [0.1, 0.15) is 17.8 Å². The number of hydrogen-bond acceptors (Lipinski definition) is 3. The molecule has 88 valence electrons. The Bertz CT molecular complexity index is 369. The maximum Gasteiger partial charge on any atom is 0.123 e. The molecule has 0 aliphatic carbocycles. The molecule has 3 heteroatoms. The molecule has 0 fully saturated rings. The van der Waals surface area contributed by atoms with E-state index in [2.05, 4.69) is 0 Å². The molecule has 0 bridgehead atoms. The van der Waals surface area contributed by atoms with Gasteiger partial charge in [0.25, 0.3) is 0 Å². The quantitative estimate of drug-likeness (QED) is 0.779. The lowest BCUT2D eigenvalue weighted by Crippen LogP contribution is -2.17. The molecule has 1 N–H and O–H groups in total. The summed E-state index contributed by atoms with van der Waals surface area (Å²) >= 11 is 0. The Morgan fingerprint density at radius 1 is 1.44 bits per heavy atom. The standard InChI is InChI=1S/C13H18O3/c1-13(2,7-4-8-14)11-6-5-10(16-3)9-12(11)15/h5-6,8-9,15H,4,7H2,1-3H3. The predicted molar refractivity (Wildman–Crippen MR) is 63.0 cm³/mol. The molecule has 1 aromatic rings. The third-order valence-electron chi connectivity index (χ3n) is 2.82. The van der Waals surface area contributed by atoms with Crippen molar-refractivity contribution in [1.82, 2.24) is 0 Å². The van der Waals surface area contributed by atoms with Crippen molar-refractivity contribution in [3.05, 3.63) is 23.8 Å². The van der Waals surface area contributed by atoms with E-state index in [0.29, 0.717) is 12.2 Å². The van der Waals surface area contributed by atoms with Crippen LogP contribution in [0.2, 0.25) is 0 Å². The van der Waals surface area contributed by atoms with Crippen LogP contribution in [0.4, 0.5) is 0 Å². The fourth-order valence-electron chi connectivity index (χ4n) is 1.77. The molecule has 1 aromatic carbocycles. The summed E-state index contributed by atoms with van der Waals surface area (Å²) in [6, 6.07) is 5.26. The highest BCUT2D eigenvalue weighted by Gasteiger charge is 2.23. The summed E-state index contributed by atoms with van der Waals surface area (Å²) in [5, 5.41) is 9.89. The van der Waals surface area contributed by atoms with Crippen molar-refractivity contribution in [3.8, 4) is 11.5 Å². The number of carbonyl (C=O) groups excluding carboxylic acids is 1. The minimum absolute atomic E-state index is 0.211. The molecule has 0 aliphatic rings. The molecular formula is C13H18O3. The molecule has 0 spiro atoms. The van der Waals surface area contributed by atoms with Crippen LogP contribution >= 0.6 is 0 Å². The maximum atomic E-state index is 10.4. The van der Waals surface area contributed by atoms with Gasteiger partial charge in [-0.3, -0.25) is 0 Å². The molecule has 0 radical (unpaired) electrons. The summed E-state index contributed by atoms with van der Waals surface area (Å²) in [5.41, 5.74) is 0.632. The number of rotatable bonds is 5. The van der Waals surface area contributed by atoms with Gasteiger partial charge in [-0.1, -0.05) is 19.9 Å². The minimum atomic E-state index is -0.211. The molecule has 0 aliphatic heterocycles. The van der Waals surface area contributed by atoms with Crippen LogP contribution in [0.3, 0.4) is 0 Å². The van der Waals surface area contributed by atoms with Gasteiger partial charge < -0.3 is 14.6 Å². The van der Waals surface area contributed by atoms with Gasteiger partial charge in [0.15, 0.2) is 0 Å². The Labute approximate surface area is 96.1 Å². The topological polar surface area (TPSA) is 46.5 Å². The number of ether oxygens (including phenoxy) is 1. The summed E-state index contributed by atoms with van der Waals surface area (Å²) in [6.45, 7) is 4.02. The number of phenols is 1. The number of phenolic OH excluding ortho intramolecular Hbond substituents is 1. The molecule has 0 heterocycles. The average molecular weight is 222 g/mol. The highest BCUT2D eigenvalue weighted by molar-refractivity contribution is 5.50. The first-order valence-corrected chi connectivity index (χ1v) is 5.32. The third kappa shape index (κ3) is 2.75. The van der Waals surface area contributed by atoms with Crippen LogP contribution in [-0.4, -0.2) is 18.5 Å². The largest absolute Gasteiger partial charge is 0.508 e. The summed E-state index contributed by atoms with van der Waals surface area (Å²) < 4.78 is 5.03. The van der Waals surface area contributed by atoms with Crippen molar-refractivity contribution in [2.45, 2.75) is 32.1 Å². The van der Waals surface area contributed by atoms with Gasteiger partial charge in [-0.25, -0.2) is 0 Å². The fourth-order valence-corrected chi connectivity index (χ4v) is 1.77. The SMILES string of the molecule is COc1ccc(C(C)(C)CCC=O)c(O)c1. The van der Waals surface area contributed by atoms with Crippen molar-refractivity contribution < 1.29 is 14.6 Å². The molecule has 0 aromatic heterocycles. The third-order valence-corrected chi connectivity index (χ3v) is 2.82. The van der Waals surface area contributed by atoms with Crippen LogP contribution in [0.1, 0.15) is 32.3 Å². The van der Waals surface area contributed by atoms with Crippen LogP contribution in [0.15, 0.2) is 18.2 Å². The molecule has 0 amide bonds. The lowest BCUT2D eigenvalue weighted by atomic mass is 9.80. The number of aromatic hydroxyl groups is 1.